The third-order valence-electron chi connectivity index (χ3n) is 2.92. The molecule has 0 radical (unpaired) electrons. The minimum absolute atomic E-state index is 0.567. The highest BCUT2D eigenvalue weighted by atomic mass is 35.5. The van der Waals surface area contributed by atoms with Gasteiger partial charge in [0.15, 0.2) is 11.5 Å². The molecule has 112 valence electrons. The summed E-state index contributed by atoms with van der Waals surface area (Å²) in [5, 5.41) is 0.637. The van der Waals surface area contributed by atoms with Crippen molar-refractivity contribution in [2.45, 2.75) is 13.5 Å². The topological polar surface area (TPSA) is 42.5 Å². The van der Waals surface area contributed by atoms with Crippen molar-refractivity contribution in [2.75, 3.05) is 19.1 Å². The van der Waals surface area contributed by atoms with Gasteiger partial charge < -0.3 is 14.9 Å². The average Bonchev–Trinajstić information content (AvgIpc) is 2.51. The minimum Gasteiger partial charge on any atom is -0.493 e. The lowest BCUT2D eigenvalue weighted by molar-refractivity contribution is 0.310. The van der Waals surface area contributed by atoms with Gasteiger partial charge >= 0.3 is 0 Å². The summed E-state index contributed by atoms with van der Waals surface area (Å²) in [5.74, 6) is 1.34. The van der Waals surface area contributed by atoms with Gasteiger partial charge in [-0.15, -0.1) is 0 Å². The van der Waals surface area contributed by atoms with E-state index in [2.05, 4.69) is 10.9 Å². The van der Waals surface area contributed by atoms with Gasteiger partial charge in [-0.1, -0.05) is 29.8 Å². The lowest BCUT2D eigenvalue weighted by Crippen LogP contribution is -2.21. The van der Waals surface area contributed by atoms with Crippen LogP contribution in [-0.4, -0.2) is 13.7 Å². The zero-order valence-electron chi connectivity index (χ0n) is 12.2. The summed E-state index contributed by atoms with van der Waals surface area (Å²) in [6.45, 7) is 3.08. The molecule has 0 heterocycles. The summed E-state index contributed by atoms with van der Waals surface area (Å²) in [6.07, 6.45) is 0. The summed E-state index contributed by atoms with van der Waals surface area (Å²) >= 11 is 6.26. The zero-order chi connectivity index (χ0) is 15.1. The lowest BCUT2D eigenvalue weighted by Gasteiger charge is -2.14. The van der Waals surface area contributed by atoms with E-state index in [1.165, 1.54) is 0 Å². The van der Waals surface area contributed by atoms with Crippen LogP contribution < -0.4 is 20.3 Å². The van der Waals surface area contributed by atoms with E-state index in [4.69, 9.17) is 21.1 Å². The Kier molecular flexibility index (Phi) is 5.72. The first-order chi connectivity index (χ1) is 10.2. The first-order valence-electron chi connectivity index (χ1n) is 6.77. The Bertz CT molecular complexity index is 576. The van der Waals surface area contributed by atoms with Crippen molar-refractivity contribution in [3.8, 4) is 11.5 Å². The largest absolute Gasteiger partial charge is 0.493 e. The highest BCUT2D eigenvalue weighted by Gasteiger charge is 2.10. The molecule has 0 unspecified atom stereocenters. The Balaban J connectivity index is 2.03. The Morgan fingerprint density at radius 1 is 1.10 bits per heavy atom. The van der Waals surface area contributed by atoms with Crippen LogP contribution in [0.3, 0.4) is 0 Å². The normalized spacial score (nSPS) is 10.2. The van der Waals surface area contributed by atoms with Crippen LogP contribution in [0.5, 0.6) is 11.5 Å². The summed E-state index contributed by atoms with van der Waals surface area (Å²) < 4.78 is 10.8. The number of rotatable bonds is 7. The van der Waals surface area contributed by atoms with E-state index in [0.29, 0.717) is 29.7 Å². The number of ether oxygens (including phenoxy) is 2. The Morgan fingerprint density at radius 3 is 2.52 bits per heavy atom. The highest BCUT2D eigenvalue weighted by molar-refractivity contribution is 6.31. The number of para-hydroxylation sites is 1. The molecule has 0 aliphatic rings. The van der Waals surface area contributed by atoms with Gasteiger partial charge in [-0.05, 0) is 30.7 Å². The van der Waals surface area contributed by atoms with E-state index < -0.39 is 0 Å². The molecule has 0 amide bonds. The van der Waals surface area contributed by atoms with E-state index in [9.17, 15) is 0 Å². The van der Waals surface area contributed by atoms with Crippen LogP contribution in [0.1, 0.15) is 12.5 Å². The lowest BCUT2D eigenvalue weighted by atomic mass is 10.2. The molecule has 2 aromatic rings. The van der Waals surface area contributed by atoms with Crippen molar-refractivity contribution in [3.63, 3.8) is 0 Å². The number of nitrogens with one attached hydrogen (secondary N) is 2. The Labute approximate surface area is 130 Å². The molecule has 4 nitrogen and oxygen atoms in total. The molecule has 0 aliphatic carbocycles. The van der Waals surface area contributed by atoms with Crippen LogP contribution in [0.15, 0.2) is 42.5 Å². The fourth-order valence-corrected chi connectivity index (χ4v) is 2.12. The molecule has 2 aromatic carbocycles. The van der Waals surface area contributed by atoms with E-state index in [1.807, 2.05) is 43.3 Å². The summed E-state index contributed by atoms with van der Waals surface area (Å²) in [7, 11) is 1.60. The fourth-order valence-electron chi connectivity index (χ4n) is 1.90. The molecule has 0 saturated carbocycles. The molecule has 0 fully saturated rings. The maximum absolute atomic E-state index is 6.26. The van der Waals surface area contributed by atoms with Crippen LogP contribution in [-0.2, 0) is 6.54 Å². The summed E-state index contributed by atoms with van der Waals surface area (Å²) in [5.41, 5.74) is 8.18. The minimum atomic E-state index is 0.567. The van der Waals surface area contributed by atoms with Crippen molar-refractivity contribution in [1.29, 1.82) is 0 Å². The fraction of sp³-hybridized carbons (Fsp3) is 0.250. The third kappa shape index (κ3) is 4.28. The van der Waals surface area contributed by atoms with Gasteiger partial charge in [0.1, 0.15) is 0 Å². The molecular formula is C16H19ClN2O2. The molecule has 0 aromatic heterocycles. The van der Waals surface area contributed by atoms with E-state index in [1.54, 1.807) is 13.2 Å². The molecule has 0 spiro atoms. The van der Waals surface area contributed by atoms with Gasteiger partial charge in [0.05, 0.1) is 13.7 Å². The van der Waals surface area contributed by atoms with E-state index in [0.717, 1.165) is 11.3 Å². The maximum atomic E-state index is 6.26. The SMILES string of the molecule is CCOc1cc(CNNc2ccccc2)c(Cl)cc1OC. The number of methoxy groups -OCH3 is 1. The first kappa shape index (κ1) is 15.5. The average molecular weight is 307 g/mol. The molecule has 0 aliphatic heterocycles. The van der Waals surface area contributed by atoms with Crippen LogP contribution in [0.25, 0.3) is 0 Å². The molecule has 2 rings (SSSR count). The van der Waals surface area contributed by atoms with Crippen molar-refractivity contribution in [2.24, 2.45) is 0 Å². The second kappa shape index (κ2) is 7.76. The van der Waals surface area contributed by atoms with Gasteiger partial charge in [-0.2, -0.15) is 0 Å². The van der Waals surface area contributed by atoms with Gasteiger partial charge in [0, 0.05) is 23.3 Å². The number of hydrazine groups is 1. The monoisotopic (exact) mass is 306 g/mol. The molecule has 2 N–H and O–H groups in total. The standard InChI is InChI=1S/C16H19ClN2O2/c1-3-21-16-9-12(14(17)10-15(16)20-2)11-18-19-13-7-5-4-6-8-13/h4-10,18-19H,3,11H2,1-2H3. The molecular weight excluding hydrogens is 288 g/mol. The number of halogens is 1. The quantitative estimate of drug-likeness (QED) is 0.762. The number of anilines is 1. The van der Waals surface area contributed by atoms with Gasteiger partial charge in [0.25, 0.3) is 0 Å². The Hall–Kier alpha value is -1.91. The van der Waals surface area contributed by atoms with Crippen LogP contribution >= 0.6 is 11.6 Å². The van der Waals surface area contributed by atoms with Crippen LogP contribution in [0.2, 0.25) is 5.02 Å². The van der Waals surface area contributed by atoms with Crippen LogP contribution in [0.4, 0.5) is 5.69 Å². The zero-order valence-corrected chi connectivity index (χ0v) is 12.9. The summed E-state index contributed by atoms with van der Waals surface area (Å²) in [6, 6.07) is 13.5. The molecule has 21 heavy (non-hydrogen) atoms. The predicted molar refractivity (Wildman–Crippen MR) is 86.1 cm³/mol. The number of benzene rings is 2. The molecule has 0 bridgehead atoms. The number of hydrogen-bond donors (Lipinski definition) is 2. The molecule has 5 heteroatoms. The van der Waals surface area contributed by atoms with Crippen molar-refractivity contribution in [3.05, 3.63) is 53.1 Å². The van der Waals surface area contributed by atoms with Crippen LogP contribution in [0, 0.1) is 0 Å². The molecule has 0 atom stereocenters. The number of hydrogen-bond acceptors (Lipinski definition) is 4. The second-order valence-electron chi connectivity index (χ2n) is 4.37. The Morgan fingerprint density at radius 2 is 1.86 bits per heavy atom. The highest BCUT2D eigenvalue weighted by Crippen LogP contribution is 2.33. The van der Waals surface area contributed by atoms with Gasteiger partial charge in [-0.25, -0.2) is 5.43 Å². The van der Waals surface area contributed by atoms with E-state index >= 15 is 0 Å². The predicted octanol–water partition coefficient (Wildman–Crippen LogP) is 3.86. The maximum Gasteiger partial charge on any atom is 0.162 e. The van der Waals surface area contributed by atoms with Crippen molar-refractivity contribution >= 4 is 17.3 Å². The molecule has 0 saturated heterocycles. The van der Waals surface area contributed by atoms with Crippen molar-refractivity contribution in [1.82, 2.24) is 5.43 Å². The van der Waals surface area contributed by atoms with Gasteiger partial charge in [-0.3, -0.25) is 0 Å². The smallest absolute Gasteiger partial charge is 0.162 e. The van der Waals surface area contributed by atoms with E-state index in [-0.39, 0.29) is 0 Å². The van der Waals surface area contributed by atoms with Crippen molar-refractivity contribution < 1.29 is 9.47 Å². The first-order valence-corrected chi connectivity index (χ1v) is 7.15. The van der Waals surface area contributed by atoms with Gasteiger partial charge in [0.2, 0.25) is 0 Å². The second-order valence-corrected chi connectivity index (χ2v) is 4.78. The summed E-state index contributed by atoms with van der Waals surface area (Å²) in [4.78, 5) is 0. The third-order valence-corrected chi connectivity index (χ3v) is 3.27.